The van der Waals surface area contributed by atoms with Gasteiger partial charge in [-0.2, -0.15) is 15.3 Å². The molecule has 0 saturated carbocycles. The van der Waals surface area contributed by atoms with E-state index in [0.29, 0.717) is 108 Å². The van der Waals surface area contributed by atoms with Crippen LogP contribution < -0.4 is 0 Å². The molecule has 23 heteroatoms. The normalized spacial score (nSPS) is 15.3. The molecule has 0 bridgehead atoms. The average Bonchev–Trinajstić information content (AvgIpc) is 1.67. The van der Waals surface area contributed by atoms with E-state index in [1.54, 1.807) is 4.68 Å². The third-order valence-electron chi connectivity index (χ3n) is 16.1. The number of amides is 3. The maximum atomic E-state index is 13.6. The summed E-state index contributed by atoms with van der Waals surface area (Å²) in [6.45, 7) is 2.69. The van der Waals surface area contributed by atoms with Crippen molar-refractivity contribution in [2.24, 2.45) is 0 Å². The van der Waals surface area contributed by atoms with Crippen LogP contribution in [0.2, 0.25) is 15.1 Å². The van der Waals surface area contributed by atoms with Gasteiger partial charge in [-0.3, -0.25) is 14.4 Å². The zero-order valence-electron chi connectivity index (χ0n) is 48.8. The van der Waals surface area contributed by atoms with Gasteiger partial charge in [0.25, 0.3) is 0 Å². The maximum Gasteiger partial charge on any atom is 0.244 e. The van der Waals surface area contributed by atoms with Gasteiger partial charge in [0, 0.05) is 59.6 Å². The minimum atomic E-state index is -0.971. The van der Waals surface area contributed by atoms with Gasteiger partial charge in [0.1, 0.15) is 66.1 Å². The molecule has 91 heavy (non-hydrogen) atoms. The zero-order valence-corrected chi connectivity index (χ0v) is 51.1. The Kier molecular flexibility index (Phi) is 17.6. The highest BCUT2D eigenvalue weighted by molar-refractivity contribution is 6.40. The number of fused-ring (bicyclic) bond motifs is 3. The Labute approximate surface area is 535 Å². The first-order valence-corrected chi connectivity index (χ1v) is 30.8. The third-order valence-corrected chi connectivity index (χ3v) is 17.2. The van der Waals surface area contributed by atoms with Gasteiger partial charge in [-0.15, -0.1) is 30.6 Å². The number of likely N-dealkylation sites (tertiary alicyclic amines) is 3. The molecular formula is C68H56Cl3F2N15O3. The van der Waals surface area contributed by atoms with Gasteiger partial charge in [-0.25, -0.2) is 22.8 Å². The van der Waals surface area contributed by atoms with Gasteiger partial charge in [-0.05, 0) is 19.3 Å². The van der Waals surface area contributed by atoms with Crippen molar-refractivity contribution in [2.75, 3.05) is 39.3 Å². The fraction of sp³-hybridized carbons (Fsp3) is 0.206. The van der Waals surface area contributed by atoms with Crippen LogP contribution in [-0.4, -0.2) is 144 Å². The molecule has 456 valence electrons. The molecule has 0 N–H and O–H groups in total. The third kappa shape index (κ3) is 12.6. The molecule has 15 rings (SSSR count). The van der Waals surface area contributed by atoms with Crippen molar-refractivity contribution < 1.29 is 23.2 Å². The summed E-state index contributed by atoms with van der Waals surface area (Å²) in [5, 5.41) is 43.6. The Hall–Kier alpha value is -9.89. The molecule has 3 amide bonds. The molecule has 6 aromatic heterocycles. The van der Waals surface area contributed by atoms with Gasteiger partial charge in [0.2, 0.25) is 17.7 Å². The summed E-state index contributed by atoms with van der Waals surface area (Å²) in [5.41, 5.74) is 10.2. The average molecular weight is 1280 g/mol. The number of hydrogen-bond acceptors (Lipinski definition) is 12. The number of halogens is 5. The molecule has 3 aliphatic rings. The van der Waals surface area contributed by atoms with Crippen LogP contribution in [0, 0.1) is 0 Å². The lowest BCUT2D eigenvalue weighted by Gasteiger charge is -2.30. The first-order chi connectivity index (χ1) is 44.4. The van der Waals surface area contributed by atoms with Crippen LogP contribution in [0.1, 0.15) is 19.3 Å². The first kappa shape index (κ1) is 60.0. The minimum Gasteiger partial charge on any atom is -0.341 e. The van der Waals surface area contributed by atoms with E-state index in [0.717, 1.165) is 52.9 Å². The smallest absolute Gasteiger partial charge is 0.244 e. The van der Waals surface area contributed by atoms with Gasteiger partial charge >= 0.3 is 0 Å². The van der Waals surface area contributed by atoms with Gasteiger partial charge in [0.05, 0.1) is 44.3 Å². The number of hydrogen-bond donors (Lipinski definition) is 0. The molecule has 12 aromatic rings. The molecule has 18 nitrogen and oxygen atoms in total. The Morgan fingerprint density at radius 3 is 0.835 bits per heavy atom. The van der Waals surface area contributed by atoms with Crippen molar-refractivity contribution in [1.29, 1.82) is 0 Å². The van der Waals surface area contributed by atoms with E-state index in [2.05, 4.69) is 40.8 Å². The second kappa shape index (κ2) is 26.7. The van der Waals surface area contributed by atoms with Crippen LogP contribution in [0.25, 0.3) is 101 Å². The van der Waals surface area contributed by atoms with Crippen molar-refractivity contribution in [3.8, 4) is 67.5 Å². The minimum absolute atomic E-state index is 0.0327. The second-order valence-electron chi connectivity index (χ2n) is 22.1. The number of nitrogens with zero attached hydrogens (tertiary/aromatic N) is 15. The van der Waals surface area contributed by atoms with Crippen molar-refractivity contribution in [1.82, 2.24) is 74.6 Å². The predicted molar refractivity (Wildman–Crippen MR) is 347 cm³/mol. The van der Waals surface area contributed by atoms with Crippen molar-refractivity contribution >= 4 is 85.6 Å². The van der Waals surface area contributed by atoms with Crippen LogP contribution in [-0.2, 0) is 34.0 Å². The van der Waals surface area contributed by atoms with Crippen LogP contribution >= 0.6 is 34.8 Å². The van der Waals surface area contributed by atoms with E-state index in [1.807, 2.05) is 187 Å². The Balaban J connectivity index is 0.000000125. The van der Waals surface area contributed by atoms with Crippen molar-refractivity contribution in [3.63, 3.8) is 0 Å². The van der Waals surface area contributed by atoms with E-state index in [-0.39, 0.29) is 50.4 Å². The van der Waals surface area contributed by atoms with Crippen molar-refractivity contribution in [3.05, 3.63) is 197 Å². The van der Waals surface area contributed by atoms with Crippen LogP contribution in [0.15, 0.2) is 182 Å². The summed E-state index contributed by atoms with van der Waals surface area (Å²) in [6.07, 6.45) is -0.158. The highest BCUT2D eigenvalue weighted by atomic mass is 35.5. The molecule has 0 radical (unpaired) electrons. The van der Waals surface area contributed by atoms with Crippen LogP contribution in [0.5, 0.6) is 0 Å². The van der Waals surface area contributed by atoms with E-state index in [9.17, 15) is 23.2 Å². The fourth-order valence-corrected chi connectivity index (χ4v) is 12.2. The summed E-state index contributed by atoms with van der Waals surface area (Å²) in [5.74, 6) is -0.367. The monoisotopic (exact) mass is 1270 g/mol. The molecule has 3 saturated heterocycles. The predicted octanol–water partition coefficient (Wildman–Crippen LogP) is 12.8. The molecular weight excluding hydrogens is 1220 g/mol. The molecule has 0 aliphatic carbocycles. The van der Waals surface area contributed by atoms with Crippen LogP contribution in [0.4, 0.5) is 8.78 Å². The SMILES string of the molecule is O=C(Cn1nc(-c2ccccc2)c2c(Cl)c(-c3ccccc3)nnc21)N1CCC1.O=C(Cn1nc(-c2ccccc2)c2c(Cl)c(-c3ccccc3)nnc21)N1CC[C@@H](F)C1.O=C(Cn1nc(-c2ccccc2)c2c(Cl)c(-c3ccccc3)nnc21)N1CC[C@H](F)C1. The first-order valence-electron chi connectivity index (χ1n) is 29.7. The number of alkyl halides is 2. The van der Waals surface area contributed by atoms with E-state index in [4.69, 9.17) is 39.9 Å². The molecule has 0 spiro atoms. The van der Waals surface area contributed by atoms with Crippen molar-refractivity contribution in [2.45, 2.75) is 51.2 Å². The molecule has 3 fully saturated rings. The summed E-state index contributed by atoms with van der Waals surface area (Å²) in [4.78, 5) is 42.9. The standard InChI is InChI=1S/2C23H19ClFN5O.C22H18ClN5O/c2*24-20-19-21(15-7-3-1-4-8-15)28-30(14-18(31)29-12-11-17(25)13-29)23(19)27-26-22(20)16-9-5-2-6-10-16;23-19-18-20(15-8-3-1-4-9-15)26-28(14-17(29)27-12-7-13-27)22(18)25-24-21(19)16-10-5-2-6-11-16/h2*1-10,17H,11-14H2;1-6,8-11H,7,12-14H2/t2*17-;/m10./s1. The Morgan fingerprint density at radius 1 is 0.352 bits per heavy atom. The summed E-state index contributed by atoms with van der Waals surface area (Å²) in [7, 11) is 0. The van der Waals surface area contributed by atoms with Gasteiger partial charge in [-0.1, -0.05) is 217 Å². The number of aromatic nitrogens is 12. The molecule has 6 aromatic carbocycles. The maximum absolute atomic E-state index is 13.6. The quantitative estimate of drug-likeness (QED) is 0.113. The topological polar surface area (TPSA) is 192 Å². The van der Waals surface area contributed by atoms with Crippen LogP contribution in [0.3, 0.4) is 0 Å². The van der Waals surface area contributed by atoms with Gasteiger partial charge in [0.15, 0.2) is 16.9 Å². The van der Waals surface area contributed by atoms with Gasteiger partial charge < -0.3 is 14.7 Å². The lowest BCUT2D eigenvalue weighted by atomic mass is 10.1. The number of benzene rings is 6. The highest BCUT2D eigenvalue weighted by Crippen LogP contribution is 2.41. The number of rotatable bonds is 12. The lowest BCUT2D eigenvalue weighted by molar-refractivity contribution is -0.135. The Morgan fingerprint density at radius 2 is 0.604 bits per heavy atom. The number of carbonyl (C=O) groups is 3. The summed E-state index contributed by atoms with van der Waals surface area (Å²) >= 11 is 20.5. The van der Waals surface area contributed by atoms with E-state index in [1.165, 1.54) is 19.2 Å². The summed E-state index contributed by atoms with van der Waals surface area (Å²) < 4.78 is 31.8. The Bertz CT molecular complexity index is 4410. The second-order valence-corrected chi connectivity index (χ2v) is 23.2. The largest absolute Gasteiger partial charge is 0.341 e. The molecule has 0 unspecified atom stereocenters. The molecule has 9 heterocycles. The lowest BCUT2D eigenvalue weighted by Crippen LogP contribution is -2.43. The highest BCUT2D eigenvalue weighted by Gasteiger charge is 2.31. The molecule has 3 aliphatic heterocycles. The molecule has 2 atom stereocenters. The zero-order chi connectivity index (χ0) is 62.5. The van der Waals surface area contributed by atoms with E-state index < -0.39 is 12.3 Å². The fourth-order valence-electron chi connectivity index (χ4n) is 11.3. The summed E-state index contributed by atoms with van der Waals surface area (Å²) in [6, 6.07) is 57.9. The van der Waals surface area contributed by atoms with E-state index >= 15 is 0 Å². The number of carbonyl (C=O) groups excluding carboxylic acids is 3.